The number of halogens is 1. The average Bonchev–Trinajstić information content (AvgIpc) is 3.21. The summed E-state index contributed by atoms with van der Waals surface area (Å²) in [6.07, 6.45) is 3.25. The van der Waals surface area contributed by atoms with E-state index in [-0.39, 0.29) is 25.1 Å². The molecular formula is C29H30BClN2O8. The van der Waals surface area contributed by atoms with Gasteiger partial charge in [-0.05, 0) is 90.2 Å². The molecule has 0 spiro atoms. The summed E-state index contributed by atoms with van der Waals surface area (Å²) in [7, 11) is 1.51. The maximum absolute atomic E-state index is 13.4. The molecule has 2 aliphatic heterocycles. The highest BCUT2D eigenvalue weighted by atomic mass is 35.5. The number of benzene rings is 1. The van der Waals surface area contributed by atoms with Crippen LogP contribution in [-0.4, -0.2) is 72.0 Å². The third-order valence-electron chi connectivity index (χ3n) is 7.97. The van der Waals surface area contributed by atoms with Crippen LogP contribution in [0.25, 0.3) is 11.6 Å². The normalized spacial score (nSPS) is 24.4. The molecule has 0 radical (unpaired) electrons. The van der Waals surface area contributed by atoms with E-state index in [1.54, 1.807) is 25.4 Å². The molecule has 4 atom stereocenters. The van der Waals surface area contributed by atoms with E-state index >= 15 is 0 Å². The molecule has 1 aromatic carbocycles. The molecule has 0 bridgehead atoms. The number of phenolic OH excluding ortho intramolecular Hbond substituents is 1. The van der Waals surface area contributed by atoms with Crippen molar-refractivity contribution >= 4 is 48.3 Å². The summed E-state index contributed by atoms with van der Waals surface area (Å²) in [4.78, 5) is 43.9. The van der Waals surface area contributed by atoms with Crippen LogP contribution in [0.2, 0.25) is 11.3 Å². The number of nitrogens with zero attached hydrogens (tertiary/aromatic N) is 2. The maximum Gasteiger partial charge on any atom is 0.455 e. The number of methoxy groups -OCH3 is 2. The lowest BCUT2D eigenvalue weighted by Gasteiger charge is -2.43. The summed E-state index contributed by atoms with van der Waals surface area (Å²) in [5.74, 6) is -3.21. The first-order valence-electron chi connectivity index (χ1n) is 13.3. The summed E-state index contributed by atoms with van der Waals surface area (Å²) in [5, 5.41) is 20.9. The van der Waals surface area contributed by atoms with E-state index in [1.165, 1.54) is 6.07 Å². The van der Waals surface area contributed by atoms with Crippen LogP contribution < -0.4 is 0 Å². The molecule has 12 heteroatoms. The van der Waals surface area contributed by atoms with Crippen molar-refractivity contribution in [3.05, 3.63) is 70.0 Å². The second kappa shape index (κ2) is 12.2. The Morgan fingerprint density at radius 2 is 2.02 bits per heavy atom. The zero-order valence-corrected chi connectivity index (χ0v) is 23.4. The van der Waals surface area contributed by atoms with Crippen molar-refractivity contribution in [3.8, 4) is 5.75 Å². The number of likely N-dealkylation sites (tertiary alicyclic amines) is 1. The Morgan fingerprint density at radius 3 is 2.71 bits per heavy atom. The molecule has 2 aromatic rings. The lowest BCUT2D eigenvalue weighted by molar-refractivity contribution is -0.137. The molecule has 2 saturated heterocycles. The number of rotatable bonds is 7. The highest BCUT2D eigenvalue weighted by molar-refractivity contribution is 6.43. The van der Waals surface area contributed by atoms with Gasteiger partial charge in [0.25, 0.3) is 0 Å². The van der Waals surface area contributed by atoms with Gasteiger partial charge in [0.1, 0.15) is 5.75 Å². The number of amides is 3. The maximum atomic E-state index is 13.4. The zero-order chi connectivity index (χ0) is 29.3. The molecule has 2 fully saturated rings. The summed E-state index contributed by atoms with van der Waals surface area (Å²) in [6.45, 7) is 0.219. The van der Waals surface area contributed by atoms with Crippen LogP contribution in [0.15, 0.2) is 53.7 Å². The standard InChI is InChI=1S/C29H30BClN2O8/c1-39-15-18-12-20-26(28(36)33(27(20)35)29(37)40-2)21-14-30(38)41-24(25(18)21)9-7-17(23-5-3-4-10-32-23)11-16-6-8-19(34)13-22(16)31/h3-6,8,10-11,13,20-21,24,26,34,38H,7,9,12,14-15H2,1-2H3/b17-11-/t20-,21+,24-,26-/m1/s1. The summed E-state index contributed by atoms with van der Waals surface area (Å²) in [5.41, 5.74) is 3.93. The number of hydrogen-bond donors (Lipinski definition) is 2. The predicted octanol–water partition coefficient (Wildman–Crippen LogP) is 3.97. The number of imide groups is 3. The fourth-order valence-corrected chi connectivity index (χ4v) is 6.51. The van der Waals surface area contributed by atoms with Gasteiger partial charge in [-0.3, -0.25) is 14.6 Å². The first-order chi connectivity index (χ1) is 19.7. The molecule has 1 aliphatic carbocycles. The largest absolute Gasteiger partial charge is 0.508 e. The van der Waals surface area contributed by atoms with Crippen LogP contribution in [-0.2, 0) is 23.7 Å². The molecule has 214 valence electrons. The molecule has 1 aromatic heterocycles. The van der Waals surface area contributed by atoms with Crippen LogP contribution in [0.3, 0.4) is 0 Å². The predicted molar refractivity (Wildman–Crippen MR) is 150 cm³/mol. The Kier molecular flexibility index (Phi) is 8.60. The minimum Gasteiger partial charge on any atom is -0.508 e. The first-order valence-corrected chi connectivity index (χ1v) is 13.7. The number of carbonyl (C=O) groups excluding carboxylic acids is 3. The van der Waals surface area contributed by atoms with Gasteiger partial charge in [0.05, 0.1) is 42.4 Å². The van der Waals surface area contributed by atoms with Crippen molar-refractivity contribution < 1.29 is 38.6 Å². The molecule has 10 nitrogen and oxygen atoms in total. The summed E-state index contributed by atoms with van der Waals surface area (Å²) in [6, 6.07) is 10.3. The van der Waals surface area contributed by atoms with Gasteiger partial charge in [0.2, 0.25) is 11.8 Å². The Balaban J connectivity index is 1.49. The van der Waals surface area contributed by atoms with Gasteiger partial charge in [-0.1, -0.05) is 17.7 Å². The number of hydrogen-bond acceptors (Lipinski definition) is 9. The van der Waals surface area contributed by atoms with Crippen LogP contribution in [0.4, 0.5) is 4.79 Å². The van der Waals surface area contributed by atoms with Gasteiger partial charge < -0.3 is 24.3 Å². The van der Waals surface area contributed by atoms with Crippen molar-refractivity contribution in [2.45, 2.75) is 31.7 Å². The van der Waals surface area contributed by atoms with Gasteiger partial charge in [-0.25, -0.2) is 4.79 Å². The average molecular weight is 581 g/mol. The number of allylic oxidation sites excluding steroid dienone is 1. The third-order valence-corrected chi connectivity index (χ3v) is 8.29. The van der Waals surface area contributed by atoms with Crippen molar-refractivity contribution in [1.82, 2.24) is 9.88 Å². The van der Waals surface area contributed by atoms with Gasteiger partial charge in [0, 0.05) is 13.3 Å². The van der Waals surface area contributed by atoms with Gasteiger partial charge >= 0.3 is 13.2 Å². The Bertz CT molecular complexity index is 1410. The summed E-state index contributed by atoms with van der Waals surface area (Å²) >= 11 is 6.40. The fraction of sp³-hybridized carbons (Fsp3) is 0.379. The second-order valence-corrected chi connectivity index (χ2v) is 10.8. The van der Waals surface area contributed by atoms with Crippen molar-refractivity contribution in [2.24, 2.45) is 17.8 Å². The highest BCUT2D eigenvalue weighted by Crippen LogP contribution is 2.51. The molecule has 2 N–H and O–H groups in total. The number of aromatic nitrogens is 1. The number of fused-ring (bicyclic) bond motifs is 3. The van der Waals surface area contributed by atoms with E-state index in [0.29, 0.717) is 28.3 Å². The Labute approximate surface area is 242 Å². The minimum absolute atomic E-state index is 0.0566. The molecular weight excluding hydrogens is 551 g/mol. The smallest absolute Gasteiger partial charge is 0.455 e. The number of carbonyl (C=O) groups is 3. The monoisotopic (exact) mass is 580 g/mol. The molecule has 5 rings (SSSR count). The third kappa shape index (κ3) is 5.67. The lowest BCUT2D eigenvalue weighted by Crippen LogP contribution is -2.46. The molecule has 0 unspecified atom stereocenters. The van der Waals surface area contributed by atoms with E-state index in [1.807, 2.05) is 24.3 Å². The minimum atomic E-state index is -1.17. The van der Waals surface area contributed by atoms with Crippen molar-refractivity contribution in [1.29, 1.82) is 0 Å². The Morgan fingerprint density at radius 1 is 1.22 bits per heavy atom. The van der Waals surface area contributed by atoms with E-state index in [9.17, 15) is 24.5 Å². The van der Waals surface area contributed by atoms with Gasteiger partial charge in [-0.2, -0.15) is 4.90 Å². The van der Waals surface area contributed by atoms with E-state index in [2.05, 4.69) is 4.98 Å². The highest BCUT2D eigenvalue weighted by Gasteiger charge is 2.59. The number of pyridine rings is 1. The summed E-state index contributed by atoms with van der Waals surface area (Å²) < 4.78 is 16.2. The molecule has 0 saturated carbocycles. The topological polar surface area (TPSA) is 135 Å². The number of aromatic hydroxyl groups is 1. The van der Waals surface area contributed by atoms with E-state index < -0.39 is 48.9 Å². The van der Waals surface area contributed by atoms with E-state index in [0.717, 1.165) is 29.5 Å². The SMILES string of the molecule is COCC1=C2[C@@H](CC/C(=C/c3ccc(O)cc3Cl)c3ccccn3)OB(O)C[C@@H]2[C@@H]2C(=O)N(C(=O)OC)C(=O)[C@@H]2C1. The molecule has 3 heterocycles. The van der Waals surface area contributed by atoms with Gasteiger partial charge in [0.15, 0.2) is 0 Å². The van der Waals surface area contributed by atoms with Crippen LogP contribution in [0, 0.1) is 17.8 Å². The molecule has 41 heavy (non-hydrogen) atoms. The lowest BCUT2D eigenvalue weighted by atomic mass is 9.58. The van der Waals surface area contributed by atoms with Crippen LogP contribution in [0.1, 0.15) is 30.5 Å². The van der Waals surface area contributed by atoms with Crippen LogP contribution in [0.5, 0.6) is 5.75 Å². The van der Waals surface area contributed by atoms with Crippen molar-refractivity contribution in [3.63, 3.8) is 0 Å². The first kappa shape index (κ1) is 29.0. The molecule has 3 aliphatic rings. The fourth-order valence-electron chi connectivity index (χ4n) is 6.28. The zero-order valence-electron chi connectivity index (χ0n) is 22.7. The van der Waals surface area contributed by atoms with Crippen LogP contribution >= 0.6 is 11.6 Å². The van der Waals surface area contributed by atoms with E-state index in [4.69, 9.17) is 25.7 Å². The number of ether oxygens (including phenoxy) is 2. The van der Waals surface area contributed by atoms with Crippen molar-refractivity contribution in [2.75, 3.05) is 20.8 Å². The second-order valence-electron chi connectivity index (χ2n) is 10.4. The Hall–Kier alpha value is -3.51. The number of phenols is 1. The van der Waals surface area contributed by atoms with Gasteiger partial charge in [-0.15, -0.1) is 0 Å². The molecule has 3 amide bonds. The quantitative estimate of drug-likeness (QED) is 0.283.